The molecule has 88 valence electrons. The third-order valence-corrected chi connectivity index (χ3v) is 2.21. The minimum Gasteiger partial charge on any atom is -0.421 e. The molecule has 0 aliphatic carbocycles. The lowest BCUT2D eigenvalue weighted by molar-refractivity contribution is -0.391. The number of ether oxygens (including phenoxy) is 2. The van der Waals surface area contributed by atoms with E-state index in [2.05, 4.69) is 9.47 Å². The Labute approximate surface area is 91.7 Å². The molecular formula is C8H4ClF4NO2. The van der Waals surface area contributed by atoms with Gasteiger partial charge in [-0.05, 0) is 0 Å². The molecule has 1 aliphatic rings. The van der Waals surface area contributed by atoms with Gasteiger partial charge in [0, 0.05) is 12.1 Å². The average Bonchev–Trinajstić information content (AvgIpc) is 2.10. The summed E-state index contributed by atoms with van der Waals surface area (Å²) in [6, 6.07) is 1.77. The maximum absolute atomic E-state index is 12.7. The molecule has 0 saturated heterocycles. The first-order valence-electron chi connectivity index (χ1n) is 3.95. The zero-order valence-electron chi connectivity index (χ0n) is 7.44. The van der Waals surface area contributed by atoms with E-state index in [0.717, 1.165) is 12.1 Å². The van der Waals surface area contributed by atoms with Crippen LogP contribution in [0.4, 0.5) is 23.2 Å². The van der Waals surface area contributed by atoms with Crippen LogP contribution in [0.2, 0.25) is 5.02 Å². The molecule has 1 aromatic rings. The second kappa shape index (κ2) is 3.07. The van der Waals surface area contributed by atoms with Crippen molar-refractivity contribution in [2.24, 2.45) is 0 Å². The highest BCUT2D eigenvalue weighted by molar-refractivity contribution is 6.33. The Kier molecular flexibility index (Phi) is 2.13. The standard InChI is InChI=1S/C8H4ClF4NO2/c9-3-1-5-6(2-4(3)14)16-8(12,13)7(10,11)15-5/h1-2H,14H2. The highest BCUT2D eigenvalue weighted by Crippen LogP contribution is 2.48. The summed E-state index contributed by atoms with van der Waals surface area (Å²) < 4.78 is 58.5. The maximum atomic E-state index is 12.7. The van der Waals surface area contributed by atoms with Crippen LogP contribution in [0, 0.1) is 0 Å². The largest absolute Gasteiger partial charge is 0.507 e. The number of benzene rings is 1. The molecule has 0 spiro atoms. The summed E-state index contributed by atoms with van der Waals surface area (Å²) in [7, 11) is 0. The van der Waals surface area contributed by atoms with Crippen molar-refractivity contribution in [3.8, 4) is 11.5 Å². The first kappa shape index (κ1) is 11.1. The number of nitrogen functional groups attached to an aromatic ring is 1. The minimum atomic E-state index is -4.75. The Morgan fingerprint density at radius 1 is 1.00 bits per heavy atom. The van der Waals surface area contributed by atoms with E-state index in [1.54, 1.807) is 0 Å². The smallest absolute Gasteiger partial charge is 0.421 e. The lowest BCUT2D eigenvalue weighted by atomic mass is 10.2. The van der Waals surface area contributed by atoms with Gasteiger partial charge in [-0.25, -0.2) is 0 Å². The van der Waals surface area contributed by atoms with Gasteiger partial charge in [-0.15, -0.1) is 0 Å². The van der Waals surface area contributed by atoms with Crippen LogP contribution >= 0.6 is 11.6 Å². The summed E-state index contributed by atoms with van der Waals surface area (Å²) >= 11 is 5.52. The molecule has 2 N–H and O–H groups in total. The first-order chi connectivity index (χ1) is 7.23. The Morgan fingerprint density at radius 2 is 1.44 bits per heavy atom. The fraction of sp³-hybridized carbons (Fsp3) is 0.250. The highest BCUT2D eigenvalue weighted by Gasteiger charge is 2.66. The molecule has 0 bridgehead atoms. The van der Waals surface area contributed by atoms with Crippen LogP contribution in [0.25, 0.3) is 0 Å². The zero-order chi connectivity index (χ0) is 12.1. The lowest BCUT2D eigenvalue weighted by Gasteiger charge is -2.31. The Morgan fingerprint density at radius 3 is 1.94 bits per heavy atom. The van der Waals surface area contributed by atoms with Crippen LogP contribution in [-0.4, -0.2) is 12.2 Å². The number of rotatable bonds is 0. The van der Waals surface area contributed by atoms with Gasteiger partial charge in [0.15, 0.2) is 11.5 Å². The van der Waals surface area contributed by atoms with E-state index in [-0.39, 0.29) is 10.7 Å². The van der Waals surface area contributed by atoms with Crippen LogP contribution < -0.4 is 15.2 Å². The summed E-state index contributed by atoms with van der Waals surface area (Å²) in [5.74, 6) is -1.17. The number of halogens is 5. The number of hydrogen-bond acceptors (Lipinski definition) is 3. The van der Waals surface area contributed by atoms with E-state index in [1.807, 2.05) is 0 Å². The van der Waals surface area contributed by atoms with E-state index in [9.17, 15) is 17.6 Å². The molecule has 8 heteroatoms. The van der Waals surface area contributed by atoms with Crippen LogP contribution in [0.15, 0.2) is 12.1 Å². The van der Waals surface area contributed by atoms with Gasteiger partial charge in [0.25, 0.3) is 0 Å². The topological polar surface area (TPSA) is 44.5 Å². The normalized spacial score (nSPS) is 20.6. The van der Waals surface area contributed by atoms with Crippen LogP contribution in [0.1, 0.15) is 0 Å². The third-order valence-electron chi connectivity index (χ3n) is 1.88. The Bertz CT molecular complexity index is 411. The Hall–Kier alpha value is -1.37. The van der Waals surface area contributed by atoms with Gasteiger partial charge in [0.1, 0.15) is 0 Å². The van der Waals surface area contributed by atoms with Gasteiger partial charge in [0.2, 0.25) is 0 Å². The molecule has 2 rings (SSSR count). The monoisotopic (exact) mass is 257 g/mol. The fourth-order valence-corrected chi connectivity index (χ4v) is 1.26. The molecule has 0 unspecified atom stereocenters. The van der Waals surface area contributed by atoms with Crippen LogP contribution in [-0.2, 0) is 0 Å². The van der Waals surface area contributed by atoms with E-state index < -0.39 is 23.7 Å². The summed E-state index contributed by atoms with van der Waals surface area (Å²) in [5.41, 5.74) is 5.22. The van der Waals surface area contributed by atoms with Crippen molar-refractivity contribution in [3.63, 3.8) is 0 Å². The number of anilines is 1. The van der Waals surface area contributed by atoms with Crippen LogP contribution in [0.3, 0.4) is 0 Å². The SMILES string of the molecule is Nc1cc2c(cc1Cl)OC(F)(F)C(F)(F)O2. The second-order valence-corrected chi connectivity index (χ2v) is 3.47. The number of alkyl halides is 4. The lowest BCUT2D eigenvalue weighted by Crippen LogP contribution is -2.52. The van der Waals surface area contributed by atoms with Crippen molar-refractivity contribution < 1.29 is 27.0 Å². The van der Waals surface area contributed by atoms with Gasteiger partial charge in [-0.3, -0.25) is 0 Å². The summed E-state index contributed by atoms with van der Waals surface area (Å²) in [4.78, 5) is 0. The molecule has 3 nitrogen and oxygen atoms in total. The quantitative estimate of drug-likeness (QED) is 0.574. The molecule has 0 atom stereocenters. The second-order valence-electron chi connectivity index (χ2n) is 3.06. The molecule has 16 heavy (non-hydrogen) atoms. The van der Waals surface area contributed by atoms with Crippen molar-refractivity contribution in [2.45, 2.75) is 12.2 Å². The minimum absolute atomic E-state index is 0.0787. The van der Waals surface area contributed by atoms with E-state index in [1.165, 1.54) is 0 Å². The number of hydrogen-bond donors (Lipinski definition) is 1. The molecule has 0 aromatic heterocycles. The predicted octanol–water partition coefficient (Wildman–Crippen LogP) is 2.88. The number of fused-ring (bicyclic) bond motifs is 1. The highest BCUT2D eigenvalue weighted by atomic mass is 35.5. The van der Waals surface area contributed by atoms with Crippen molar-refractivity contribution in [2.75, 3.05) is 5.73 Å². The van der Waals surface area contributed by atoms with Gasteiger partial charge in [-0.2, -0.15) is 17.6 Å². The molecule has 0 radical (unpaired) electrons. The number of nitrogens with two attached hydrogens (primary N) is 1. The first-order valence-corrected chi connectivity index (χ1v) is 4.33. The van der Waals surface area contributed by atoms with Gasteiger partial charge in [-0.1, -0.05) is 11.6 Å². The van der Waals surface area contributed by atoms with Gasteiger partial charge in [0.05, 0.1) is 10.7 Å². The zero-order valence-corrected chi connectivity index (χ0v) is 8.19. The van der Waals surface area contributed by atoms with Gasteiger partial charge < -0.3 is 15.2 Å². The van der Waals surface area contributed by atoms with E-state index in [4.69, 9.17) is 17.3 Å². The summed E-state index contributed by atoms with van der Waals surface area (Å²) in [5, 5.41) is -0.0941. The van der Waals surface area contributed by atoms with Crippen molar-refractivity contribution in [1.29, 1.82) is 0 Å². The fourth-order valence-electron chi connectivity index (χ4n) is 1.11. The Balaban J connectivity index is 2.52. The predicted molar refractivity (Wildman–Crippen MR) is 47.0 cm³/mol. The van der Waals surface area contributed by atoms with Crippen molar-refractivity contribution in [1.82, 2.24) is 0 Å². The molecule has 0 fully saturated rings. The van der Waals surface area contributed by atoms with Crippen LogP contribution in [0.5, 0.6) is 11.5 Å². The molecule has 1 aromatic carbocycles. The molecule has 1 heterocycles. The average molecular weight is 258 g/mol. The van der Waals surface area contributed by atoms with Crippen molar-refractivity contribution >= 4 is 17.3 Å². The van der Waals surface area contributed by atoms with E-state index in [0.29, 0.717) is 0 Å². The molecule has 0 saturated carbocycles. The molecular weight excluding hydrogens is 254 g/mol. The summed E-state index contributed by atoms with van der Waals surface area (Å²) in [6.07, 6.45) is -9.50. The molecule has 1 aliphatic heterocycles. The van der Waals surface area contributed by atoms with E-state index >= 15 is 0 Å². The third kappa shape index (κ3) is 1.51. The maximum Gasteiger partial charge on any atom is 0.507 e. The molecule has 0 amide bonds. The van der Waals surface area contributed by atoms with Gasteiger partial charge >= 0.3 is 12.2 Å². The summed E-state index contributed by atoms with van der Waals surface area (Å²) in [6.45, 7) is 0. The van der Waals surface area contributed by atoms with Crippen molar-refractivity contribution in [3.05, 3.63) is 17.2 Å².